The Morgan fingerprint density at radius 1 is 1.33 bits per heavy atom. The first-order chi connectivity index (χ1) is 8.74. The minimum absolute atomic E-state index is 0.189. The van der Waals surface area contributed by atoms with E-state index in [9.17, 15) is 4.79 Å². The summed E-state index contributed by atoms with van der Waals surface area (Å²) in [5.74, 6) is 0.189. The third-order valence-corrected chi connectivity index (χ3v) is 4.16. The number of pyridine rings is 1. The van der Waals surface area contributed by atoms with Gasteiger partial charge in [0.1, 0.15) is 5.41 Å². The highest BCUT2D eigenvalue weighted by Crippen LogP contribution is 2.46. The zero-order valence-corrected chi connectivity index (χ0v) is 10.1. The molecule has 2 aromatic rings. The Labute approximate surface area is 105 Å². The van der Waals surface area contributed by atoms with Crippen molar-refractivity contribution < 1.29 is 4.79 Å². The van der Waals surface area contributed by atoms with Crippen LogP contribution in [0.2, 0.25) is 0 Å². The summed E-state index contributed by atoms with van der Waals surface area (Å²) >= 11 is 0. The van der Waals surface area contributed by atoms with Crippen LogP contribution in [0.4, 0.5) is 5.69 Å². The van der Waals surface area contributed by atoms with Gasteiger partial charge in [-0.3, -0.25) is 9.78 Å². The number of anilines is 1. The van der Waals surface area contributed by atoms with E-state index < -0.39 is 0 Å². The molecule has 90 valence electrons. The Hall–Kier alpha value is -1.94. The molecule has 3 heterocycles. The van der Waals surface area contributed by atoms with Gasteiger partial charge in [-0.2, -0.15) is 0 Å². The number of fused-ring (bicyclic) bond motifs is 4. The molecule has 2 aliphatic heterocycles. The van der Waals surface area contributed by atoms with Gasteiger partial charge in [-0.15, -0.1) is 0 Å². The molecule has 1 aromatic heterocycles. The first-order valence-corrected chi connectivity index (χ1v) is 6.11. The van der Waals surface area contributed by atoms with Crippen LogP contribution in [0.15, 0.2) is 30.5 Å². The van der Waals surface area contributed by atoms with Gasteiger partial charge in [-0.05, 0) is 6.07 Å². The Morgan fingerprint density at radius 2 is 2.11 bits per heavy atom. The Balaban J connectivity index is 2.12. The number of para-hydroxylation sites is 1. The van der Waals surface area contributed by atoms with Crippen LogP contribution in [0.1, 0.15) is 5.56 Å². The molecular weight excluding hydrogens is 226 g/mol. The molecule has 0 radical (unpaired) electrons. The van der Waals surface area contributed by atoms with Crippen LogP contribution in [0.3, 0.4) is 0 Å². The number of benzene rings is 1. The molecule has 2 aliphatic rings. The fourth-order valence-corrected chi connectivity index (χ4v) is 3.13. The van der Waals surface area contributed by atoms with Gasteiger partial charge in [0.05, 0.1) is 17.4 Å². The maximum atomic E-state index is 12.5. The number of likely N-dealkylation sites (N-methyl/N-ethyl adjacent to an activating group) is 1. The Morgan fingerprint density at radius 3 is 2.83 bits per heavy atom. The summed E-state index contributed by atoms with van der Waals surface area (Å²) in [7, 11) is 1.84. The molecule has 4 heteroatoms. The van der Waals surface area contributed by atoms with Gasteiger partial charge >= 0.3 is 0 Å². The van der Waals surface area contributed by atoms with E-state index in [4.69, 9.17) is 0 Å². The molecule has 1 fully saturated rings. The van der Waals surface area contributed by atoms with Crippen molar-refractivity contribution in [1.82, 2.24) is 10.3 Å². The van der Waals surface area contributed by atoms with Crippen LogP contribution in [0, 0.1) is 0 Å². The second-order valence-electron chi connectivity index (χ2n) is 5.09. The second kappa shape index (κ2) is 3.09. The summed E-state index contributed by atoms with van der Waals surface area (Å²) in [6.45, 7) is 1.47. The van der Waals surface area contributed by atoms with Crippen LogP contribution >= 0.6 is 0 Å². The van der Waals surface area contributed by atoms with Crippen molar-refractivity contribution >= 4 is 22.5 Å². The van der Waals surface area contributed by atoms with Crippen molar-refractivity contribution in [2.45, 2.75) is 5.41 Å². The predicted molar refractivity (Wildman–Crippen MR) is 69.7 cm³/mol. The van der Waals surface area contributed by atoms with Crippen LogP contribution in [-0.4, -0.2) is 31.0 Å². The van der Waals surface area contributed by atoms with Crippen molar-refractivity contribution in [2.24, 2.45) is 0 Å². The summed E-state index contributed by atoms with van der Waals surface area (Å²) in [4.78, 5) is 18.7. The van der Waals surface area contributed by atoms with E-state index in [1.54, 1.807) is 4.90 Å². The molecule has 0 bridgehead atoms. The number of aromatic nitrogens is 1. The predicted octanol–water partition coefficient (Wildman–Crippen LogP) is 1.05. The Bertz CT molecular complexity index is 676. The summed E-state index contributed by atoms with van der Waals surface area (Å²) in [5.41, 5.74) is 2.72. The quantitative estimate of drug-likeness (QED) is 0.747. The minimum Gasteiger partial charge on any atom is -0.314 e. The van der Waals surface area contributed by atoms with Crippen LogP contribution in [0.25, 0.3) is 10.9 Å². The zero-order chi connectivity index (χ0) is 12.3. The van der Waals surface area contributed by atoms with Crippen molar-refractivity contribution in [3.05, 3.63) is 36.0 Å². The van der Waals surface area contributed by atoms with E-state index in [-0.39, 0.29) is 11.3 Å². The number of carbonyl (C=O) groups excluding carboxylic acids is 1. The fraction of sp³-hybridized carbons (Fsp3) is 0.286. The average Bonchev–Trinajstić information content (AvgIpc) is 2.59. The average molecular weight is 239 g/mol. The molecule has 0 atom stereocenters. The molecule has 4 rings (SSSR count). The number of nitrogens with one attached hydrogen (secondary N) is 1. The van der Waals surface area contributed by atoms with E-state index in [0.29, 0.717) is 0 Å². The van der Waals surface area contributed by atoms with Gasteiger partial charge in [0, 0.05) is 31.1 Å². The molecular formula is C14H13N3O. The topological polar surface area (TPSA) is 45.2 Å². The van der Waals surface area contributed by atoms with Gasteiger partial charge in [0.2, 0.25) is 5.91 Å². The van der Waals surface area contributed by atoms with Gasteiger partial charge in [-0.1, -0.05) is 18.2 Å². The van der Waals surface area contributed by atoms with Crippen LogP contribution in [0.5, 0.6) is 0 Å². The number of hydrogen-bond donors (Lipinski definition) is 1. The fourth-order valence-electron chi connectivity index (χ4n) is 3.13. The lowest BCUT2D eigenvalue weighted by atomic mass is 9.75. The lowest BCUT2D eigenvalue weighted by Crippen LogP contribution is -2.61. The molecule has 1 N–H and O–H groups in total. The maximum absolute atomic E-state index is 12.5. The third-order valence-electron chi connectivity index (χ3n) is 4.16. The molecule has 0 aliphatic carbocycles. The molecule has 1 amide bonds. The number of nitrogens with zero attached hydrogens (tertiary/aromatic N) is 2. The highest BCUT2D eigenvalue weighted by molar-refractivity contribution is 6.13. The molecule has 18 heavy (non-hydrogen) atoms. The SMILES string of the molecule is CN1C(=O)C2(CNC2)c2c1cnc1ccccc21. The highest BCUT2D eigenvalue weighted by atomic mass is 16.2. The van der Waals surface area contributed by atoms with E-state index in [1.807, 2.05) is 31.4 Å². The van der Waals surface area contributed by atoms with Crippen molar-refractivity contribution in [1.29, 1.82) is 0 Å². The zero-order valence-electron chi connectivity index (χ0n) is 10.1. The molecule has 4 nitrogen and oxygen atoms in total. The standard InChI is InChI=1S/C14H13N3O/c1-17-11-6-16-10-5-3-2-4-9(10)12(11)14(13(17)18)7-15-8-14/h2-6,15H,7-8H2,1H3. The summed E-state index contributed by atoms with van der Waals surface area (Å²) in [6.07, 6.45) is 1.82. The summed E-state index contributed by atoms with van der Waals surface area (Å²) < 4.78 is 0. The smallest absolute Gasteiger partial charge is 0.240 e. The first kappa shape index (κ1) is 10.0. The monoisotopic (exact) mass is 239 g/mol. The first-order valence-electron chi connectivity index (χ1n) is 6.11. The van der Waals surface area contributed by atoms with Gasteiger partial charge in [0.25, 0.3) is 0 Å². The summed E-state index contributed by atoms with van der Waals surface area (Å²) in [5, 5.41) is 4.34. The number of amides is 1. The highest BCUT2D eigenvalue weighted by Gasteiger charge is 2.54. The van der Waals surface area contributed by atoms with E-state index in [1.165, 1.54) is 0 Å². The lowest BCUT2D eigenvalue weighted by molar-refractivity contribution is -0.124. The second-order valence-corrected chi connectivity index (χ2v) is 5.09. The number of carbonyl (C=O) groups is 1. The van der Waals surface area contributed by atoms with E-state index in [0.717, 1.165) is 35.2 Å². The number of rotatable bonds is 0. The van der Waals surface area contributed by atoms with Gasteiger partial charge < -0.3 is 10.2 Å². The van der Waals surface area contributed by atoms with Crippen LogP contribution < -0.4 is 10.2 Å². The minimum atomic E-state index is -0.355. The van der Waals surface area contributed by atoms with Gasteiger partial charge in [0.15, 0.2) is 0 Å². The third kappa shape index (κ3) is 0.957. The van der Waals surface area contributed by atoms with Crippen LogP contribution in [-0.2, 0) is 10.2 Å². The molecule has 0 saturated carbocycles. The Kier molecular flexibility index (Phi) is 1.72. The number of hydrogen-bond acceptors (Lipinski definition) is 3. The molecule has 1 spiro atoms. The van der Waals surface area contributed by atoms with E-state index in [2.05, 4.69) is 16.4 Å². The molecule has 1 aromatic carbocycles. The lowest BCUT2D eigenvalue weighted by Gasteiger charge is -2.38. The van der Waals surface area contributed by atoms with Crippen molar-refractivity contribution in [3.63, 3.8) is 0 Å². The maximum Gasteiger partial charge on any atom is 0.240 e. The van der Waals surface area contributed by atoms with Gasteiger partial charge in [-0.25, -0.2) is 0 Å². The van der Waals surface area contributed by atoms with Crippen molar-refractivity contribution in [3.8, 4) is 0 Å². The molecule has 1 saturated heterocycles. The van der Waals surface area contributed by atoms with E-state index >= 15 is 0 Å². The summed E-state index contributed by atoms with van der Waals surface area (Å²) in [6, 6.07) is 8.05. The van der Waals surface area contributed by atoms with Crippen molar-refractivity contribution in [2.75, 3.05) is 25.0 Å². The largest absolute Gasteiger partial charge is 0.314 e. The normalized spacial score (nSPS) is 20.3. The molecule has 0 unspecified atom stereocenters.